The molecule has 0 aliphatic rings. The summed E-state index contributed by atoms with van der Waals surface area (Å²) in [4.78, 5) is 0. The zero-order valence-corrected chi connectivity index (χ0v) is 10.2. The minimum atomic E-state index is 0.623. The second kappa shape index (κ2) is 7.12. The van der Waals surface area contributed by atoms with Crippen LogP contribution in [0.5, 0.6) is 11.5 Å². The molecule has 3 heteroatoms. The molecule has 0 spiro atoms. The van der Waals surface area contributed by atoms with Gasteiger partial charge in [-0.05, 0) is 37.9 Å². The number of para-hydroxylation sites is 1. The van der Waals surface area contributed by atoms with E-state index in [1.165, 1.54) is 0 Å². The van der Waals surface area contributed by atoms with Crippen molar-refractivity contribution >= 4 is 0 Å². The second-order valence-corrected chi connectivity index (χ2v) is 3.56. The average Bonchev–Trinajstić information content (AvgIpc) is 2.29. The van der Waals surface area contributed by atoms with Gasteiger partial charge in [-0.2, -0.15) is 0 Å². The normalized spacial score (nSPS) is 10.2. The molecule has 1 aromatic carbocycles. The van der Waals surface area contributed by atoms with Crippen molar-refractivity contribution in [2.75, 3.05) is 19.8 Å². The van der Waals surface area contributed by atoms with Crippen LogP contribution in [0, 0.1) is 0 Å². The molecule has 1 rings (SSSR count). The lowest BCUT2D eigenvalue weighted by atomic mass is 10.1. The molecule has 1 aromatic rings. The van der Waals surface area contributed by atoms with Crippen LogP contribution in [0.1, 0.15) is 25.8 Å². The molecule has 0 amide bonds. The Bertz CT molecular complexity index is 289. The van der Waals surface area contributed by atoms with Crippen molar-refractivity contribution in [2.45, 2.75) is 26.7 Å². The van der Waals surface area contributed by atoms with E-state index in [0.717, 1.165) is 29.9 Å². The van der Waals surface area contributed by atoms with Gasteiger partial charge in [0, 0.05) is 0 Å². The van der Waals surface area contributed by atoms with Crippen LogP contribution in [0.2, 0.25) is 0 Å². The summed E-state index contributed by atoms with van der Waals surface area (Å²) in [6.07, 6.45) is 1.81. The highest BCUT2D eigenvalue weighted by atomic mass is 16.5. The van der Waals surface area contributed by atoms with E-state index in [4.69, 9.17) is 15.2 Å². The smallest absolute Gasteiger partial charge is 0.164 e. The summed E-state index contributed by atoms with van der Waals surface area (Å²) in [5, 5.41) is 0. The molecule has 0 saturated carbocycles. The Hall–Kier alpha value is -1.22. The highest BCUT2D eigenvalue weighted by Crippen LogP contribution is 2.31. The number of benzene rings is 1. The van der Waals surface area contributed by atoms with Crippen LogP contribution in [0.15, 0.2) is 18.2 Å². The molecule has 0 atom stereocenters. The molecule has 0 saturated heterocycles. The van der Waals surface area contributed by atoms with Crippen LogP contribution in [-0.2, 0) is 6.42 Å². The van der Waals surface area contributed by atoms with Gasteiger partial charge in [-0.1, -0.05) is 19.1 Å². The molecule has 0 aromatic heterocycles. The van der Waals surface area contributed by atoms with E-state index in [2.05, 4.69) is 6.92 Å². The number of nitrogens with two attached hydrogens (primary N) is 1. The predicted molar refractivity (Wildman–Crippen MR) is 66.2 cm³/mol. The second-order valence-electron chi connectivity index (χ2n) is 3.56. The van der Waals surface area contributed by atoms with Crippen molar-refractivity contribution in [2.24, 2.45) is 5.73 Å². The Morgan fingerprint density at radius 1 is 1.19 bits per heavy atom. The molecule has 90 valence electrons. The van der Waals surface area contributed by atoms with Gasteiger partial charge in [0.1, 0.15) is 0 Å². The zero-order valence-electron chi connectivity index (χ0n) is 10.2. The van der Waals surface area contributed by atoms with Crippen LogP contribution < -0.4 is 15.2 Å². The largest absolute Gasteiger partial charge is 0.490 e. The Labute approximate surface area is 97.6 Å². The molecule has 0 bridgehead atoms. The van der Waals surface area contributed by atoms with Gasteiger partial charge < -0.3 is 15.2 Å². The van der Waals surface area contributed by atoms with Crippen molar-refractivity contribution in [3.05, 3.63) is 23.8 Å². The third-order valence-corrected chi connectivity index (χ3v) is 2.22. The molecule has 0 fully saturated rings. The van der Waals surface area contributed by atoms with E-state index in [9.17, 15) is 0 Å². The Kier molecular flexibility index (Phi) is 5.72. The molecule has 0 aliphatic heterocycles. The summed E-state index contributed by atoms with van der Waals surface area (Å²) in [7, 11) is 0. The summed E-state index contributed by atoms with van der Waals surface area (Å²) < 4.78 is 11.3. The average molecular weight is 223 g/mol. The monoisotopic (exact) mass is 223 g/mol. The van der Waals surface area contributed by atoms with Gasteiger partial charge in [-0.25, -0.2) is 0 Å². The topological polar surface area (TPSA) is 44.5 Å². The highest BCUT2D eigenvalue weighted by Gasteiger charge is 2.09. The van der Waals surface area contributed by atoms with Crippen molar-refractivity contribution < 1.29 is 9.47 Å². The standard InChI is InChI=1S/C13H21NO2/c1-3-10-16-13-11(8-9-14)6-5-7-12(13)15-4-2/h5-7H,3-4,8-10,14H2,1-2H3. The maximum atomic E-state index is 5.74. The lowest BCUT2D eigenvalue weighted by Gasteiger charge is -2.15. The number of hydrogen-bond donors (Lipinski definition) is 1. The molecule has 0 aliphatic carbocycles. The highest BCUT2D eigenvalue weighted by molar-refractivity contribution is 5.46. The Balaban J connectivity index is 2.92. The fourth-order valence-corrected chi connectivity index (χ4v) is 1.55. The van der Waals surface area contributed by atoms with Crippen molar-refractivity contribution in [1.82, 2.24) is 0 Å². The number of hydrogen-bond acceptors (Lipinski definition) is 3. The van der Waals surface area contributed by atoms with E-state index in [0.29, 0.717) is 19.8 Å². The number of ether oxygens (including phenoxy) is 2. The first-order valence-corrected chi connectivity index (χ1v) is 5.91. The zero-order chi connectivity index (χ0) is 11.8. The quantitative estimate of drug-likeness (QED) is 0.772. The van der Waals surface area contributed by atoms with E-state index in [1.807, 2.05) is 25.1 Å². The molecule has 3 nitrogen and oxygen atoms in total. The lowest BCUT2D eigenvalue weighted by molar-refractivity contribution is 0.274. The van der Waals surface area contributed by atoms with Crippen LogP contribution in [0.25, 0.3) is 0 Å². The van der Waals surface area contributed by atoms with E-state index in [1.54, 1.807) is 0 Å². The maximum absolute atomic E-state index is 5.74. The first-order chi connectivity index (χ1) is 7.83. The van der Waals surface area contributed by atoms with Gasteiger partial charge in [0.2, 0.25) is 0 Å². The molecule has 0 heterocycles. The third kappa shape index (κ3) is 3.42. The first kappa shape index (κ1) is 12.8. The molecule has 0 unspecified atom stereocenters. The van der Waals surface area contributed by atoms with E-state index >= 15 is 0 Å². The fraction of sp³-hybridized carbons (Fsp3) is 0.538. The van der Waals surface area contributed by atoms with Crippen LogP contribution >= 0.6 is 0 Å². The van der Waals surface area contributed by atoms with E-state index in [-0.39, 0.29) is 0 Å². The number of rotatable bonds is 7. The van der Waals surface area contributed by atoms with Crippen LogP contribution in [0.4, 0.5) is 0 Å². The van der Waals surface area contributed by atoms with Gasteiger partial charge >= 0.3 is 0 Å². The summed E-state index contributed by atoms with van der Waals surface area (Å²) in [6, 6.07) is 5.96. The molecular formula is C13H21NO2. The maximum Gasteiger partial charge on any atom is 0.164 e. The van der Waals surface area contributed by atoms with Gasteiger partial charge in [0.05, 0.1) is 13.2 Å². The fourth-order valence-electron chi connectivity index (χ4n) is 1.55. The first-order valence-electron chi connectivity index (χ1n) is 5.91. The lowest BCUT2D eigenvalue weighted by Crippen LogP contribution is -2.07. The molecular weight excluding hydrogens is 202 g/mol. The van der Waals surface area contributed by atoms with Crippen molar-refractivity contribution in [1.29, 1.82) is 0 Å². The summed E-state index contributed by atoms with van der Waals surface area (Å²) in [5.74, 6) is 1.68. The van der Waals surface area contributed by atoms with Crippen LogP contribution in [0.3, 0.4) is 0 Å². The minimum absolute atomic E-state index is 0.623. The minimum Gasteiger partial charge on any atom is -0.490 e. The summed E-state index contributed by atoms with van der Waals surface area (Å²) in [6.45, 7) is 6.04. The molecule has 2 N–H and O–H groups in total. The van der Waals surface area contributed by atoms with Gasteiger partial charge in [-0.3, -0.25) is 0 Å². The summed E-state index contributed by atoms with van der Waals surface area (Å²) >= 11 is 0. The SMILES string of the molecule is CCCOc1c(CCN)cccc1OCC. The Morgan fingerprint density at radius 3 is 2.62 bits per heavy atom. The van der Waals surface area contributed by atoms with Crippen molar-refractivity contribution in [3.63, 3.8) is 0 Å². The summed E-state index contributed by atoms with van der Waals surface area (Å²) in [5.41, 5.74) is 6.71. The predicted octanol–water partition coefficient (Wildman–Crippen LogP) is 2.38. The molecule has 16 heavy (non-hydrogen) atoms. The molecule has 0 radical (unpaired) electrons. The Morgan fingerprint density at radius 2 is 2.00 bits per heavy atom. The van der Waals surface area contributed by atoms with Gasteiger partial charge in [0.15, 0.2) is 11.5 Å². The van der Waals surface area contributed by atoms with E-state index < -0.39 is 0 Å². The van der Waals surface area contributed by atoms with Crippen LogP contribution in [-0.4, -0.2) is 19.8 Å². The van der Waals surface area contributed by atoms with Gasteiger partial charge in [-0.15, -0.1) is 0 Å². The third-order valence-electron chi connectivity index (χ3n) is 2.22. The van der Waals surface area contributed by atoms with Crippen molar-refractivity contribution in [3.8, 4) is 11.5 Å². The van der Waals surface area contributed by atoms with Gasteiger partial charge in [0.25, 0.3) is 0 Å².